The molecule has 2 rings (SSSR count). The van der Waals surface area contributed by atoms with Gasteiger partial charge in [0.15, 0.2) is 0 Å². The molecule has 0 bridgehead atoms. The fraction of sp³-hybridized carbons (Fsp3) is 0.471. The van der Waals surface area contributed by atoms with Gasteiger partial charge in [0.2, 0.25) is 0 Å². The first-order chi connectivity index (χ1) is 9.79. The minimum atomic E-state index is 0.624. The van der Waals surface area contributed by atoms with E-state index in [1.54, 1.807) is 0 Å². The van der Waals surface area contributed by atoms with E-state index in [2.05, 4.69) is 47.7 Å². The summed E-state index contributed by atoms with van der Waals surface area (Å²) in [4.78, 5) is 4.03. The maximum Gasteiger partial charge on any atom is 0.119 e. The third-order valence-electron chi connectivity index (χ3n) is 3.70. The first-order valence-electron chi connectivity index (χ1n) is 7.48. The van der Waals surface area contributed by atoms with Gasteiger partial charge in [0, 0.05) is 18.9 Å². The van der Waals surface area contributed by atoms with Crippen molar-refractivity contribution in [3.63, 3.8) is 0 Å². The van der Waals surface area contributed by atoms with E-state index in [0.717, 1.165) is 31.7 Å². The van der Waals surface area contributed by atoms with Gasteiger partial charge < -0.3 is 9.30 Å². The number of ether oxygens (including phenoxy) is 1. The largest absolute Gasteiger partial charge is 0.494 e. The number of unbranched alkanes of at least 4 members (excludes halogenated alkanes) is 1. The van der Waals surface area contributed by atoms with E-state index in [4.69, 9.17) is 4.74 Å². The number of imidazole rings is 1. The van der Waals surface area contributed by atoms with E-state index < -0.39 is 0 Å². The van der Waals surface area contributed by atoms with Gasteiger partial charge in [-0.1, -0.05) is 26.0 Å². The number of nitrogens with zero attached hydrogens (tertiary/aromatic N) is 2. The number of hydrogen-bond donors (Lipinski definition) is 0. The molecule has 0 N–H and O–H groups in total. The van der Waals surface area contributed by atoms with E-state index >= 15 is 0 Å². The molecular weight excluding hydrogens is 248 g/mol. The summed E-state index contributed by atoms with van der Waals surface area (Å²) in [5, 5.41) is 0. The number of hydrogen-bond acceptors (Lipinski definition) is 2. The summed E-state index contributed by atoms with van der Waals surface area (Å²) in [5.74, 6) is 1.60. The van der Waals surface area contributed by atoms with Crippen LogP contribution in [0.1, 0.15) is 44.6 Å². The second-order valence-electron chi connectivity index (χ2n) is 5.23. The minimum absolute atomic E-state index is 0.624. The van der Waals surface area contributed by atoms with Gasteiger partial charge in [0.25, 0.3) is 0 Å². The molecule has 0 aliphatic rings. The Balaban J connectivity index is 1.66. The van der Waals surface area contributed by atoms with Crippen molar-refractivity contribution in [1.29, 1.82) is 0 Å². The molecular formula is C17H24N2O. The highest BCUT2D eigenvalue weighted by Crippen LogP contribution is 2.21. The molecule has 0 saturated carbocycles. The molecule has 2 aromatic rings. The fourth-order valence-electron chi connectivity index (χ4n) is 2.13. The molecule has 0 radical (unpaired) electrons. The summed E-state index contributed by atoms with van der Waals surface area (Å²) >= 11 is 0. The van der Waals surface area contributed by atoms with Crippen LogP contribution in [-0.2, 0) is 6.54 Å². The number of aromatic nitrogens is 2. The van der Waals surface area contributed by atoms with Crippen molar-refractivity contribution in [2.45, 2.75) is 45.6 Å². The molecule has 1 atom stereocenters. The highest BCUT2D eigenvalue weighted by atomic mass is 16.5. The number of aryl methyl sites for hydroxylation is 1. The molecule has 3 heteroatoms. The molecule has 0 amide bonds. The van der Waals surface area contributed by atoms with Gasteiger partial charge in [-0.05, 0) is 42.9 Å². The van der Waals surface area contributed by atoms with Gasteiger partial charge in [0.1, 0.15) is 5.75 Å². The highest BCUT2D eigenvalue weighted by Gasteiger charge is 2.02. The Labute approximate surface area is 121 Å². The average molecular weight is 272 g/mol. The van der Waals surface area contributed by atoms with E-state index in [1.165, 1.54) is 12.0 Å². The Morgan fingerprint density at radius 1 is 1.20 bits per heavy atom. The van der Waals surface area contributed by atoms with Gasteiger partial charge in [-0.15, -0.1) is 0 Å². The monoisotopic (exact) mass is 272 g/mol. The van der Waals surface area contributed by atoms with Crippen molar-refractivity contribution in [2.75, 3.05) is 6.61 Å². The van der Waals surface area contributed by atoms with Gasteiger partial charge >= 0.3 is 0 Å². The van der Waals surface area contributed by atoms with E-state index in [0.29, 0.717) is 5.92 Å². The smallest absolute Gasteiger partial charge is 0.119 e. The first kappa shape index (κ1) is 14.6. The van der Waals surface area contributed by atoms with Crippen molar-refractivity contribution in [1.82, 2.24) is 9.55 Å². The zero-order valence-corrected chi connectivity index (χ0v) is 12.5. The lowest BCUT2D eigenvalue weighted by Gasteiger charge is -2.10. The summed E-state index contributed by atoms with van der Waals surface area (Å²) < 4.78 is 7.87. The van der Waals surface area contributed by atoms with Gasteiger partial charge in [0.05, 0.1) is 12.9 Å². The summed E-state index contributed by atoms with van der Waals surface area (Å²) in [6.45, 7) is 6.26. The van der Waals surface area contributed by atoms with Gasteiger partial charge in [-0.2, -0.15) is 0 Å². The molecule has 0 spiro atoms. The predicted molar refractivity (Wildman–Crippen MR) is 82.1 cm³/mol. The summed E-state index contributed by atoms with van der Waals surface area (Å²) in [6.07, 6.45) is 9.01. The lowest BCUT2D eigenvalue weighted by Crippen LogP contribution is -2.01. The average Bonchev–Trinajstić information content (AvgIpc) is 3.00. The highest BCUT2D eigenvalue weighted by molar-refractivity contribution is 5.29. The molecule has 3 nitrogen and oxygen atoms in total. The molecule has 0 fully saturated rings. The third kappa shape index (κ3) is 4.41. The van der Waals surface area contributed by atoms with Crippen LogP contribution in [0.4, 0.5) is 0 Å². The Bertz CT molecular complexity index is 476. The molecule has 108 valence electrons. The SMILES string of the molecule is CCC(C)c1ccc(OCCCCn2ccnc2)cc1. The van der Waals surface area contributed by atoms with E-state index in [9.17, 15) is 0 Å². The fourth-order valence-corrected chi connectivity index (χ4v) is 2.13. The zero-order chi connectivity index (χ0) is 14.2. The molecule has 1 heterocycles. The minimum Gasteiger partial charge on any atom is -0.494 e. The van der Waals surface area contributed by atoms with Crippen LogP contribution in [-0.4, -0.2) is 16.2 Å². The Morgan fingerprint density at radius 3 is 2.65 bits per heavy atom. The van der Waals surface area contributed by atoms with Gasteiger partial charge in [-0.25, -0.2) is 4.98 Å². The van der Waals surface area contributed by atoms with Crippen LogP contribution in [0.2, 0.25) is 0 Å². The van der Waals surface area contributed by atoms with E-state index in [-0.39, 0.29) is 0 Å². The van der Waals surface area contributed by atoms with Crippen molar-refractivity contribution in [2.24, 2.45) is 0 Å². The molecule has 0 aliphatic carbocycles. The molecule has 1 aromatic carbocycles. The van der Waals surface area contributed by atoms with Crippen molar-refractivity contribution in [3.05, 3.63) is 48.5 Å². The number of benzene rings is 1. The molecule has 20 heavy (non-hydrogen) atoms. The second-order valence-corrected chi connectivity index (χ2v) is 5.23. The zero-order valence-electron chi connectivity index (χ0n) is 12.5. The summed E-state index contributed by atoms with van der Waals surface area (Å²) in [7, 11) is 0. The quantitative estimate of drug-likeness (QED) is 0.671. The Morgan fingerprint density at radius 2 is 2.00 bits per heavy atom. The first-order valence-corrected chi connectivity index (χ1v) is 7.48. The standard InChI is InChI=1S/C17H24N2O/c1-3-15(2)16-6-8-17(9-7-16)20-13-5-4-11-19-12-10-18-14-19/h6-10,12,14-15H,3-5,11,13H2,1-2H3. The van der Waals surface area contributed by atoms with Crippen LogP contribution in [0.5, 0.6) is 5.75 Å². The topological polar surface area (TPSA) is 27.1 Å². The van der Waals surface area contributed by atoms with Crippen molar-refractivity contribution >= 4 is 0 Å². The Hall–Kier alpha value is -1.77. The van der Waals surface area contributed by atoms with Crippen molar-refractivity contribution < 1.29 is 4.74 Å². The lowest BCUT2D eigenvalue weighted by molar-refractivity contribution is 0.303. The Kier molecular flexibility index (Phi) is 5.66. The van der Waals surface area contributed by atoms with Crippen molar-refractivity contribution in [3.8, 4) is 5.75 Å². The summed E-state index contributed by atoms with van der Waals surface area (Å²) in [6, 6.07) is 8.51. The second kappa shape index (κ2) is 7.73. The molecule has 1 unspecified atom stereocenters. The van der Waals surface area contributed by atoms with Crippen LogP contribution < -0.4 is 4.74 Å². The van der Waals surface area contributed by atoms with Crippen LogP contribution in [0.15, 0.2) is 43.0 Å². The molecule has 0 saturated heterocycles. The maximum atomic E-state index is 5.77. The molecule has 0 aliphatic heterocycles. The predicted octanol–water partition coefficient (Wildman–Crippen LogP) is 4.26. The van der Waals surface area contributed by atoms with E-state index in [1.807, 2.05) is 18.7 Å². The summed E-state index contributed by atoms with van der Waals surface area (Å²) in [5.41, 5.74) is 1.39. The lowest BCUT2D eigenvalue weighted by atomic mass is 9.99. The maximum absolute atomic E-state index is 5.77. The third-order valence-corrected chi connectivity index (χ3v) is 3.70. The van der Waals surface area contributed by atoms with Crippen LogP contribution >= 0.6 is 0 Å². The van der Waals surface area contributed by atoms with Gasteiger partial charge in [-0.3, -0.25) is 0 Å². The molecule has 1 aromatic heterocycles. The number of rotatable bonds is 8. The van der Waals surface area contributed by atoms with Crippen LogP contribution in [0.25, 0.3) is 0 Å². The normalized spacial score (nSPS) is 12.3. The van der Waals surface area contributed by atoms with Crippen LogP contribution in [0, 0.1) is 0 Å². The van der Waals surface area contributed by atoms with Crippen LogP contribution in [0.3, 0.4) is 0 Å².